The number of nitrogens with one attached hydrogen (secondary N) is 1. The molecule has 37 heavy (non-hydrogen) atoms. The highest BCUT2D eigenvalue weighted by Gasteiger charge is 2.33. The van der Waals surface area contributed by atoms with E-state index in [4.69, 9.17) is 9.47 Å². The zero-order valence-corrected chi connectivity index (χ0v) is 23.4. The second-order valence-corrected chi connectivity index (χ2v) is 10.7. The van der Waals surface area contributed by atoms with Crippen LogP contribution in [0.15, 0.2) is 48.5 Å². The number of rotatable bonds is 14. The Kier molecular flexibility index (Phi) is 11.2. The van der Waals surface area contributed by atoms with E-state index in [-0.39, 0.29) is 24.2 Å². The van der Waals surface area contributed by atoms with E-state index in [1.807, 2.05) is 26.8 Å². The van der Waals surface area contributed by atoms with Gasteiger partial charge in [0.25, 0.3) is 0 Å². The largest absolute Gasteiger partial charge is 0.497 e. The summed E-state index contributed by atoms with van der Waals surface area (Å²) in [5.74, 6) is 0.175. The lowest BCUT2D eigenvalue weighted by atomic mass is 10.1. The molecule has 2 atom stereocenters. The number of para-hydroxylation sites is 2. The lowest BCUT2D eigenvalue weighted by Gasteiger charge is -2.33. The molecule has 0 heterocycles. The summed E-state index contributed by atoms with van der Waals surface area (Å²) in [5, 5.41) is 2.96. The second kappa shape index (κ2) is 13.9. The number of nitrogens with zero attached hydrogens (tertiary/aromatic N) is 2. The molecule has 0 radical (unpaired) electrons. The van der Waals surface area contributed by atoms with Gasteiger partial charge in [0.15, 0.2) is 0 Å². The third kappa shape index (κ3) is 8.38. The highest BCUT2D eigenvalue weighted by molar-refractivity contribution is 7.92. The fourth-order valence-electron chi connectivity index (χ4n) is 3.86. The van der Waals surface area contributed by atoms with Crippen LogP contribution in [-0.4, -0.2) is 63.7 Å². The molecule has 0 aliphatic carbocycles. The molecule has 2 aromatic rings. The van der Waals surface area contributed by atoms with Gasteiger partial charge in [0.1, 0.15) is 24.1 Å². The molecule has 0 aromatic heterocycles. The highest BCUT2D eigenvalue weighted by Crippen LogP contribution is 2.30. The van der Waals surface area contributed by atoms with E-state index in [2.05, 4.69) is 5.32 Å². The summed E-state index contributed by atoms with van der Waals surface area (Å²) in [5.41, 5.74) is 1.02. The molecule has 0 aliphatic heterocycles. The van der Waals surface area contributed by atoms with E-state index >= 15 is 0 Å². The number of carbonyl (C=O) groups excluding carboxylic acids is 2. The Balaban J connectivity index is 2.50. The van der Waals surface area contributed by atoms with Gasteiger partial charge in [0.2, 0.25) is 21.8 Å². The van der Waals surface area contributed by atoms with E-state index in [0.717, 1.165) is 22.5 Å². The van der Waals surface area contributed by atoms with Crippen LogP contribution < -0.4 is 19.1 Å². The van der Waals surface area contributed by atoms with Gasteiger partial charge in [-0.15, -0.1) is 0 Å². The maximum atomic E-state index is 13.8. The first-order valence-electron chi connectivity index (χ1n) is 12.5. The van der Waals surface area contributed by atoms with Gasteiger partial charge in [-0.3, -0.25) is 13.9 Å². The van der Waals surface area contributed by atoms with Crippen LogP contribution >= 0.6 is 0 Å². The Morgan fingerprint density at radius 3 is 2.32 bits per heavy atom. The van der Waals surface area contributed by atoms with Crippen molar-refractivity contribution in [2.45, 2.75) is 59.2 Å². The van der Waals surface area contributed by atoms with Gasteiger partial charge < -0.3 is 19.7 Å². The average Bonchev–Trinajstić information content (AvgIpc) is 2.87. The van der Waals surface area contributed by atoms with E-state index in [1.165, 1.54) is 4.90 Å². The maximum Gasteiger partial charge on any atom is 0.244 e. The first-order chi connectivity index (χ1) is 17.5. The molecule has 10 heteroatoms. The zero-order valence-electron chi connectivity index (χ0n) is 22.6. The summed E-state index contributed by atoms with van der Waals surface area (Å²) in [6, 6.07) is 13.0. The van der Waals surface area contributed by atoms with Crippen molar-refractivity contribution in [3.8, 4) is 11.5 Å². The Labute approximate surface area is 220 Å². The quantitative estimate of drug-likeness (QED) is 0.398. The molecule has 204 valence electrons. The van der Waals surface area contributed by atoms with E-state index < -0.39 is 28.5 Å². The molecule has 0 bridgehead atoms. The molecule has 2 aromatic carbocycles. The fraction of sp³-hybridized carbons (Fsp3) is 0.481. The minimum atomic E-state index is -3.86. The summed E-state index contributed by atoms with van der Waals surface area (Å²) in [6.45, 7) is 7.43. The summed E-state index contributed by atoms with van der Waals surface area (Å²) in [7, 11) is -2.31. The van der Waals surface area contributed by atoms with Crippen molar-refractivity contribution in [3.63, 3.8) is 0 Å². The van der Waals surface area contributed by atoms with Gasteiger partial charge >= 0.3 is 0 Å². The van der Waals surface area contributed by atoms with Gasteiger partial charge in [-0.1, -0.05) is 38.1 Å². The van der Waals surface area contributed by atoms with Crippen molar-refractivity contribution in [1.82, 2.24) is 10.2 Å². The molecular weight excluding hydrogens is 494 g/mol. The van der Waals surface area contributed by atoms with Crippen LogP contribution in [0.4, 0.5) is 5.69 Å². The van der Waals surface area contributed by atoms with Crippen LogP contribution in [0.1, 0.15) is 46.1 Å². The molecule has 0 spiro atoms. The van der Waals surface area contributed by atoms with Crippen LogP contribution in [0.3, 0.4) is 0 Å². The molecule has 0 unspecified atom stereocenters. The monoisotopic (exact) mass is 533 g/mol. The first-order valence-corrected chi connectivity index (χ1v) is 14.3. The van der Waals surface area contributed by atoms with E-state index in [9.17, 15) is 18.0 Å². The smallest absolute Gasteiger partial charge is 0.244 e. The fourth-order valence-corrected chi connectivity index (χ4v) is 4.72. The van der Waals surface area contributed by atoms with Crippen molar-refractivity contribution in [2.75, 3.05) is 30.8 Å². The van der Waals surface area contributed by atoms with Crippen molar-refractivity contribution < 1.29 is 27.5 Å². The maximum absolute atomic E-state index is 13.8. The van der Waals surface area contributed by atoms with E-state index in [0.29, 0.717) is 24.5 Å². The standard InChI is InChI=1S/C27H39N3O6S/c1-7-20(4)28-27(32)23(8-2)29(18-21-13-12-14-22(17-21)35-5)26(31)19-30(37(6,33)34)24-15-10-11-16-25(24)36-9-3/h10-17,20,23H,7-9,18-19H2,1-6H3,(H,28,32)/t20-,23-/m1/s1. The summed E-state index contributed by atoms with van der Waals surface area (Å²) in [6.07, 6.45) is 2.14. The lowest BCUT2D eigenvalue weighted by molar-refractivity contribution is -0.140. The van der Waals surface area contributed by atoms with Gasteiger partial charge in [-0.05, 0) is 56.5 Å². The Hall–Kier alpha value is -3.27. The third-order valence-corrected chi connectivity index (χ3v) is 7.11. The number of sulfonamides is 1. The number of benzene rings is 2. The molecular formula is C27H39N3O6S. The summed E-state index contributed by atoms with van der Waals surface area (Å²) in [4.78, 5) is 28.5. The molecule has 0 fully saturated rings. The number of amides is 2. The van der Waals surface area contributed by atoms with Crippen LogP contribution in [0.5, 0.6) is 11.5 Å². The Bertz CT molecular complexity index is 1150. The number of ether oxygens (including phenoxy) is 2. The number of carbonyl (C=O) groups is 2. The van der Waals surface area contributed by atoms with Crippen LogP contribution in [0.25, 0.3) is 0 Å². The van der Waals surface area contributed by atoms with Crippen molar-refractivity contribution in [3.05, 3.63) is 54.1 Å². The van der Waals surface area contributed by atoms with Gasteiger partial charge in [-0.2, -0.15) is 0 Å². The lowest BCUT2D eigenvalue weighted by Crippen LogP contribution is -2.53. The van der Waals surface area contributed by atoms with Crippen molar-refractivity contribution in [2.24, 2.45) is 0 Å². The SMILES string of the molecule is CCOc1ccccc1N(CC(=O)N(Cc1cccc(OC)c1)[C@H](CC)C(=O)N[C@H](C)CC)S(C)(=O)=O. The average molecular weight is 534 g/mol. The molecule has 0 saturated heterocycles. The number of anilines is 1. The molecule has 2 rings (SSSR count). The third-order valence-electron chi connectivity index (χ3n) is 5.99. The predicted molar refractivity (Wildman–Crippen MR) is 145 cm³/mol. The molecule has 0 aliphatic rings. The van der Waals surface area contributed by atoms with Gasteiger partial charge in [0.05, 0.1) is 25.7 Å². The van der Waals surface area contributed by atoms with Gasteiger partial charge in [-0.25, -0.2) is 8.42 Å². The summed E-state index contributed by atoms with van der Waals surface area (Å²) >= 11 is 0. The predicted octanol–water partition coefficient (Wildman–Crippen LogP) is 3.58. The first kappa shape index (κ1) is 30.0. The molecule has 9 nitrogen and oxygen atoms in total. The zero-order chi connectivity index (χ0) is 27.6. The topological polar surface area (TPSA) is 105 Å². The van der Waals surface area contributed by atoms with Crippen molar-refractivity contribution in [1.29, 1.82) is 0 Å². The number of methoxy groups -OCH3 is 1. The Morgan fingerprint density at radius 2 is 1.73 bits per heavy atom. The van der Waals surface area contributed by atoms with Crippen LogP contribution in [-0.2, 0) is 26.2 Å². The molecule has 1 N–H and O–H groups in total. The number of hydrogen-bond donors (Lipinski definition) is 1. The minimum absolute atomic E-state index is 0.0686. The number of hydrogen-bond acceptors (Lipinski definition) is 6. The van der Waals surface area contributed by atoms with E-state index in [1.54, 1.807) is 56.5 Å². The summed E-state index contributed by atoms with van der Waals surface area (Å²) < 4.78 is 37.7. The molecule has 0 saturated carbocycles. The normalized spacial score (nSPS) is 12.8. The van der Waals surface area contributed by atoms with Crippen LogP contribution in [0.2, 0.25) is 0 Å². The second-order valence-electron chi connectivity index (χ2n) is 8.79. The molecule has 2 amide bonds. The van der Waals surface area contributed by atoms with Crippen molar-refractivity contribution >= 4 is 27.5 Å². The minimum Gasteiger partial charge on any atom is -0.497 e. The highest BCUT2D eigenvalue weighted by atomic mass is 32.2. The van der Waals surface area contributed by atoms with Gasteiger partial charge in [0, 0.05) is 12.6 Å². The Morgan fingerprint density at radius 1 is 1.03 bits per heavy atom. The van der Waals surface area contributed by atoms with Crippen LogP contribution in [0, 0.1) is 0 Å².